The zero-order valence-corrected chi connectivity index (χ0v) is 16.9. The number of carbonyl (C=O) groups excluding carboxylic acids is 2. The van der Waals surface area contributed by atoms with Crippen molar-refractivity contribution in [3.63, 3.8) is 0 Å². The number of hydrogen-bond donors (Lipinski definition) is 1. The largest absolute Gasteiger partial charge is 0.366 e. The Morgan fingerprint density at radius 1 is 1.11 bits per heavy atom. The predicted molar refractivity (Wildman–Crippen MR) is 107 cm³/mol. The highest BCUT2D eigenvalue weighted by atomic mass is 19.1. The van der Waals surface area contributed by atoms with Crippen LogP contribution in [-0.4, -0.2) is 48.9 Å². The lowest BCUT2D eigenvalue weighted by molar-refractivity contribution is 0.101. The van der Waals surface area contributed by atoms with Gasteiger partial charge < -0.3 is 15.1 Å². The van der Waals surface area contributed by atoms with Crippen molar-refractivity contribution in [2.24, 2.45) is 5.92 Å². The Kier molecular flexibility index (Phi) is 7.63. The van der Waals surface area contributed by atoms with Crippen LogP contribution in [0, 0.1) is 11.7 Å². The highest BCUT2D eigenvalue weighted by Gasteiger charge is 2.23. The van der Waals surface area contributed by atoms with Gasteiger partial charge in [-0.1, -0.05) is 26.7 Å². The summed E-state index contributed by atoms with van der Waals surface area (Å²) in [4.78, 5) is 27.5. The molecule has 1 aliphatic rings. The number of carbonyl (C=O) groups is 2. The first-order valence-electron chi connectivity index (χ1n) is 9.88. The van der Waals surface area contributed by atoms with Gasteiger partial charge in [0.05, 0.1) is 5.69 Å². The summed E-state index contributed by atoms with van der Waals surface area (Å²) in [6.07, 6.45) is 3.27. The highest BCUT2D eigenvalue weighted by Crippen LogP contribution is 2.22. The van der Waals surface area contributed by atoms with Gasteiger partial charge in [-0.2, -0.15) is 0 Å². The van der Waals surface area contributed by atoms with E-state index in [0.717, 1.165) is 12.8 Å². The maximum absolute atomic E-state index is 14.3. The molecular formula is C21H32FN3O2. The van der Waals surface area contributed by atoms with Crippen LogP contribution in [0.4, 0.5) is 14.9 Å². The molecule has 1 N–H and O–H groups in total. The summed E-state index contributed by atoms with van der Waals surface area (Å²) in [6.45, 7) is 10.1. The molecule has 0 bridgehead atoms. The molecular weight excluding hydrogens is 345 g/mol. The number of Topliss-reactive ketones (excluding diaryl/α,β-unsaturated/α-hetero) is 1. The minimum Gasteiger partial charge on any atom is -0.366 e. The lowest BCUT2D eigenvalue weighted by Crippen LogP contribution is -2.53. The van der Waals surface area contributed by atoms with E-state index in [2.05, 4.69) is 19.2 Å². The van der Waals surface area contributed by atoms with Gasteiger partial charge in [-0.15, -0.1) is 0 Å². The SMILES string of the molecule is CC(=O)c1ccc(N2CCN(C(=O)NC(C)CCCC(C)C)CC2)c(F)c1. The topological polar surface area (TPSA) is 52.7 Å². The molecule has 0 spiro atoms. The number of urea groups is 1. The smallest absolute Gasteiger partial charge is 0.317 e. The summed E-state index contributed by atoms with van der Waals surface area (Å²) in [7, 11) is 0. The number of ketones is 1. The van der Waals surface area contributed by atoms with Crippen molar-refractivity contribution in [3.8, 4) is 0 Å². The van der Waals surface area contributed by atoms with Gasteiger partial charge in [0.2, 0.25) is 0 Å². The molecule has 1 heterocycles. The Hall–Kier alpha value is -2.11. The maximum Gasteiger partial charge on any atom is 0.317 e. The molecule has 0 radical (unpaired) electrons. The molecule has 1 saturated heterocycles. The minimum atomic E-state index is -0.389. The van der Waals surface area contributed by atoms with Crippen molar-refractivity contribution >= 4 is 17.5 Å². The molecule has 1 atom stereocenters. The van der Waals surface area contributed by atoms with E-state index in [1.807, 2.05) is 11.8 Å². The van der Waals surface area contributed by atoms with E-state index in [9.17, 15) is 14.0 Å². The Balaban J connectivity index is 1.82. The Labute approximate surface area is 161 Å². The third kappa shape index (κ3) is 6.22. The molecule has 1 aromatic carbocycles. The molecule has 0 saturated carbocycles. The van der Waals surface area contributed by atoms with E-state index in [1.165, 1.54) is 19.4 Å². The zero-order chi connectivity index (χ0) is 20.0. The Morgan fingerprint density at radius 2 is 1.78 bits per heavy atom. The number of nitrogens with one attached hydrogen (secondary N) is 1. The van der Waals surface area contributed by atoms with Crippen LogP contribution in [0.15, 0.2) is 18.2 Å². The first kappa shape index (κ1) is 21.2. The Bertz CT molecular complexity index is 655. The van der Waals surface area contributed by atoms with Crippen molar-refractivity contribution < 1.29 is 14.0 Å². The number of halogens is 1. The lowest BCUT2D eigenvalue weighted by Gasteiger charge is -2.36. The minimum absolute atomic E-state index is 0.0425. The summed E-state index contributed by atoms with van der Waals surface area (Å²) >= 11 is 0. The first-order chi connectivity index (χ1) is 12.8. The second-order valence-electron chi connectivity index (χ2n) is 7.87. The van der Waals surface area contributed by atoms with Gasteiger partial charge in [-0.25, -0.2) is 9.18 Å². The van der Waals surface area contributed by atoms with E-state index < -0.39 is 0 Å². The van der Waals surface area contributed by atoms with Crippen LogP contribution in [0.5, 0.6) is 0 Å². The highest BCUT2D eigenvalue weighted by molar-refractivity contribution is 5.94. The van der Waals surface area contributed by atoms with Gasteiger partial charge in [0.25, 0.3) is 0 Å². The molecule has 5 nitrogen and oxygen atoms in total. The Morgan fingerprint density at radius 3 is 2.33 bits per heavy atom. The van der Waals surface area contributed by atoms with Crippen LogP contribution < -0.4 is 10.2 Å². The lowest BCUT2D eigenvalue weighted by atomic mass is 10.0. The molecule has 1 aliphatic heterocycles. The second-order valence-corrected chi connectivity index (χ2v) is 7.87. The average molecular weight is 378 g/mol. The van der Waals surface area contributed by atoms with Crippen molar-refractivity contribution in [1.29, 1.82) is 0 Å². The van der Waals surface area contributed by atoms with Crippen molar-refractivity contribution in [2.45, 2.75) is 53.0 Å². The standard InChI is InChI=1S/C21H32FN3O2/c1-15(2)6-5-7-16(3)23-21(27)25-12-10-24(11-13-25)20-9-8-18(17(4)26)14-19(20)22/h8-9,14-16H,5-7,10-13H2,1-4H3,(H,23,27). The van der Waals surface area contributed by atoms with E-state index in [-0.39, 0.29) is 23.7 Å². The van der Waals surface area contributed by atoms with E-state index in [4.69, 9.17) is 0 Å². The fourth-order valence-electron chi connectivity index (χ4n) is 3.34. The summed E-state index contributed by atoms with van der Waals surface area (Å²) in [6, 6.07) is 4.71. The van der Waals surface area contributed by atoms with Crippen LogP contribution in [0.3, 0.4) is 0 Å². The third-order valence-corrected chi connectivity index (χ3v) is 5.05. The molecule has 2 amide bonds. The number of piperazine rings is 1. The fourth-order valence-corrected chi connectivity index (χ4v) is 3.34. The van der Waals surface area contributed by atoms with Gasteiger partial charge in [0, 0.05) is 37.8 Å². The molecule has 1 aromatic rings. The van der Waals surface area contributed by atoms with Crippen LogP contribution in [-0.2, 0) is 0 Å². The van der Waals surface area contributed by atoms with Gasteiger partial charge in [0.15, 0.2) is 5.78 Å². The summed E-state index contributed by atoms with van der Waals surface area (Å²) < 4.78 is 14.3. The monoisotopic (exact) mass is 377 g/mol. The van der Waals surface area contributed by atoms with Crippen molar-refractivity contribution in [2.75, 3.05) is 31.1 Å². The van der Waals surface area contributed by atoms with Gasteiger partial charge in [0.1, 0.15) is 5.82 Å². The van der Waals surface area contributed by atoms with Crippen LogP contribution >= 0.6 is 0 Å². The van der Waals surface area contributed by atoms with Crippen LogP contribution in [0.2, 0.25) is 0 Å². The van der Waals surface area contributed by atoms with Gasteiger partial charge >= 0.3 is 6.03 Å². The second kappa shape index (κ2) is 9.72. The number of amides is 2. The first-order valence-corrected chi connectivity index (χ1v) is 9.88. The number of benzene rings is 1. The van der Waals surface area contributed by atoms with E-state index in [0.29, 0.717) is 43.3 Å². The quantitative estimate of drug-likeness (QED) is 0.729. The zero-order valence-electron chi connectivity index (χ0n) is 16.9. The van der Waals surface area contributed by atoms with Crippen LogP contribution in [0.1, 0.15) is 57.3 Å². The molecule has 27 heavy (non-hydrogen) atoms. The molecule has 0 aliphatic carbocycles. The normalized spacial score (nSPS) is 15.8. The summed E-state index contributed by atoms with van der Waals surface area (Å²) in [5, 5.41) is 3.07. The van der Waals surface area contributed by atoms with E-state index in [1.54, 1.807) is 17.0 Å². The summed E-state index contributed by atoms with van der Waals surface area (Å²) in [5.41, 5.74) is 0.864. The average Bonchev–Trinajstić information content (AvgIpc) is 2.61. The molecule has 2 rings (SSSR count). The molecule has 6 heteroatoms. The number of rotatable bonds is 7. The van der Waals surface area contributed by atoms with Gasteiger partial charge in [-0.05, 0) is 44.4 Å². The fraction of sp³-hybridized carbons (Fsp3) is 0.619. The predicted octanol–water partition coefficient (Wildman–Crippen LogP) is 4.07. The maximum atomic E-state index is 14.3. The van der Waals surface area contributed by atoms with Crippen molar-refractivity contribution in [3.05, 3.63) is 29.6 Å². The third-order valence-electron chi connectivity index (χ3n) is 5.05. The van der Waals surface area contributed by atoms with Gasteiger partial charge in [-0.3, -0.25) is 4.79 Å². The molecule has 150 valence electrons. The molecule has 1 unspecified atom stereocenters. The number of anilines is 1. The number of hydrogen-bond acceptors (Lipinski definition) is 3. The summed E-state index contributed by atoms with van der Waals surface area (Å²) in [5.74, 6) is 0.148. The molecule has 1 fully saturated rings. The van der Waals surface area contributed by atoms with E-state index >= 15 is 0 Å². The van der Waals surface area contributed by atoms with Crippen molar-refractivity contribution in [1.82, 2.24) is 10.2 Å². The van der Waals surface area contributed by atoms with Crippen LogP contribution in [0.25, 0.3) is 0 Å². The molecule has 0 aromatic heterocycles. The number of nitrogens with zero attached hydrogens (tertiary/aromatic N) is 2.